The highest BCUT2D eigenvalue weighted by molar-refractivity contribution is 7.22. The van der Waals surface area contributed by atoms with Crippen molar-refractivity contribution in [2.24, 2.45) is 0 Å². The van der Waals surface area contributed by atoms with Crippen LogP contribution >= 0.6 is 11.3 Å². The van der Waals surface area contributed by atoms with Gasteiger partial charge in [0, 0.05) is 31.0 Å². The van der Waals surface area contributed by atoms with Gasteiger partial charge in [0.05, 0.1) is 16.5 Å². The van der Waals surface area contributed by atoms with Crippen LogP contribution in [0.2, 0.25) is 0 Å². The first-order valence-corrected chi connectivity index (χ1v) is 9.73. The SMILES string of the molecule is Cc1cccc2sc(N(CCCn3ccnc3)C(=O)c3ccccc3)nc12. The number of hydrogen-bond donors (Lipinski definition) is 0. The van der Waals surface area contributed by atoms with E-state index in [1.807, 2.05) is 60.2 Å². The number of benzene rings is 2. The van der Waals surface area contributed by atoms with Gasteiger partial charge in [0.25, 0.3) is 5.91 Å². The molecule has 0 aliphatic carbocycles. The van der Waals surface area contributed by atoms with Gasteiger partial charge in [0.15, 0.2) is 5.13 Å². The number of para-hydroxylation sites is 1. The lowest BCUT2D eigenvalue weighted by Gasteiger charge is -2.20. The van der Waals surface area contributed by atoms with Gasteiger partial charge < -0.3 is 4.57 Å². The highest BCUT2D eigenvalue weighted by atomic mass is 32.1. The van der Waals surface area contributed by atoms with E-state index in [0.717, 1.165) is 33.9 Å². The fourth-order valence-electron chi connectivity index (χ4n) is 3.04. The Morgan fingerprint density at radius 3 is 2.74 bits per heavy atom. The van der Waals surface area contributed by atoms with E-state index in [1.165, 1.54) is 0 Å². The van der Waals surface area contributed by atoms with Crippen molar-refractivity contribution < 1.29 is 4.79 Å². The molecule has 2 aromatic heterocycles. The molecule has 0 saturated heterocycles. The van der Waals surface area contributed by atoms with Gasteiger partial charge in [-0.15, -0.1) is 0 Å². The van der Waals surface area contributed by atoms with E-state index in [0.29, 0.717) is 12.1 Å². The molecule has 0 atom stereocenters. The Hall–Kier alpha value is -2.99. The molecule has 6 heteroatoms. The number of nitrogens with zero attached hydrogens (tertiary/aromatic N) is 4. The summed E-state index contributed by atoms with van der Waals surface area (Å²) >= 11 is 1.57. The predicted octanol–water partition coefficient (Wildman–Crippen LogP) is 4.54. The molecule has 0 spiro atoms. The molecule has 27 heavy (non-hydrogen) atoms. The number of carbonyl (C=O) groups is 1. The van der Waals surface area contributed by atoms with Gasteiger partial charge >= 0.3 is 0 Å². The molecule has 1 amide bonds. The Kier molecular flexibility index (Phi) is 4.98. The lowest BCUT2D eigenvalue weighted by Crippen LogP contribution is -2.32. The number of hydrogen-bond acceptors (Lipinski definition) is 4. The zero-order chi connectivity index (χ0) is 18.6. The molecule has 2 heterocycles. The molecule has 0 aliphatic rings. The first kappa shape index (κ1) is 17.4. The number of carbonyl (C=O) groups excluding carboxylic acids is 1. The molecule has 4 aromatic rings. The number of rotatable bonds is 6. The van der Waals surface area contributed by atoms with E-state index in [2.05, 4.69) is 11.1 Å². The smallest absolute Gasteiger partial charge is 0.260 e. The van der Waals surface area contributed by atoms with E-state index in [4.69, 9.17) is 4.98 Å². The Morgan fingerprint density at radius 1 is 1.15 bits per heavy atom. The van der Waals surface area contributed by atoms with Crippen LogP contribution in [-0.4, -0.2) is 27.0 Å². The Bertz CT molecular complexity index is 1040. The normalized spacial score (nSPS) is 11.0. The largest absolute Gasteiger partial charge is 0.337 e. The van der Waals surface area contributed by atoms with Crippen LogP contribution < -0.4 is 4.90 Å². The summed E-state index contributed by atoms with van der Waals surface area (Å²) in [6.07, 6.45) is 6.32. The Morgan fingerprint density at radius 2 is 2.00 bits per heavy atom. The predicted molar refractivity (Wildman–Crippen MR) is 109 cm³/mol. The van der Waals surface area contributed by atoms with Gasteiger partial charge in [-0.3, -0.25) is 9.69 Å². The molecule has 0 saturated carbocycles. The molecule has 2 aromatic carbocycles. The summed E-state index contributed by atoms with van der Waals surface area (Å²) < 4.78 is 3.12. The van der Waals surface area contributed by atoms with Gasteiger partial charge in [-0.2, -0.15) is 0 Å². The van der Waals surface area contributed by atoms with Crippen molar-refractivity contribution in [2.45, 2.75) is 19.9 Å². The van der Waals surface area contributed by atoms with Crippen LogP contribution in [0.1, 0.15) is 22.3 Å². The van der Waals surface area contributed by atoms with Crippen molar-refractivity contribution in [3.63, 3.8) is 0 Å². The monoisotopic (exact) mass is 376 g/mol. The summed E-state index contributed by atoms with van der Waals surface area (Å²) in [6.45, 7) is 3.46. The van der Waals surface area contributed by atoms with Gasteiger partial charge in [-0.1, -0.05) is 41.7 Å². The molecule has 4 rings (SSSR count). The van der Waals surface area contributed by atoms with Crippen LogP contribution in [0.5, 0.6) is 0 Å². The minimum atomic E-state index is -0.0158. The molecule has 0 N–H and O–H groups in total. The van der Waals surface area contributed by atoms with E-state index in [-0.39, 0.29) is 5.91 Å². The summed E-state index contributed by atoms with van der Waals surface area (Å²) in [5, 5.41) is 0.749. The Balaban J connectivity index is 1.63. The van der Waals surface area contributed by atoms with Gasteiger partial charge in [0.1, 0.15) is 0 Å². The number of imidazole rings is 1. The lowest BCUT2D eigenvalue weighted by molar-refractivity contribution is 0.0986. The van der Waals surface area contributed by atoms with E-state index < -0.39 is 0 Å². The second-order valence-electron chi connectivity index (χ2n) is 6.39. The zero-order valence-electron chi connectivity index (χ0n) is 15.1. The third kappa shape index (κ3) is 3.75. The minimum absolute atomic E-state index is 0.0158. The maximum Gasteiger partial charge on any atom is 0.260 e. The molecule has 0 radical (unpaired) electrons. The van der Waals surface area contributed by atoms with E-state index in [9.17, 15) is 4.79 Å². The molecule has 0 aliphatic heterocycles. The number of anilines is 1. The first-order chi connectivity index (χ1) is 13.2. The highest BCUT2D eigenvalue weighted by Gasteiger charge is 2.21. The van der Waals surface area contributed by atoms with Crippen LogP contribution in [0.15, 0.2) is 67.3 Å². The quantitative estimate of drug-likeness (QED) is 0.496. The standard InChI is InChI=1S/C21H20N4OS/c1-16-7-5-10-18-19(16)23-21(27-18)25(13-6-12-24-14-11-22-15-24)20(26)17-8-3-2-4-9-17/h2-5,7-11,14-15H,6,12-13H2,1H3. The van der Waals surface area contributed by atoms with Gasteiger partial charge in [-0.25, -0.2) is 9.97 Å². The topological polar surface area (TPSA) is 51.0 Å². The summed E-state index contributed by atoms with van der Waals surface area (Å²) in [7, 11) is 0. The molecule has 0 fully saturated rings. The first-order valence-electron chi connectivity index (χ1n) is 8.91. The summed E-state index contributed by atoms with van der Waals surface area (Å²) in [6, 6.07) is 15.5. The Labute approximate surface area is 161 Å². The van der Waals surface area contributed by atoms with E-state index >= 15 is 0 Å². The van der Waals surface area contributed by atoms with Crippen LogP contribution in [0, 0.1) is 6.92 Å². The van der Waals surface area contributed by atoms with Gasteiger partial charge in [0.2, 0.25) is 0 Å². The summed E-state index contributed by atoms with van der Waals surface area (Å²) in [5.74, 6) is -0.0158. The average molecular weight is 376 g/mol. The maximum atomic E-state index is 13.2. The number of amides is 1. The molecular weight excluding hydrogens is 356 g/mol. The molecule has 136 valence electrons. The third-order valence-corrected chi connectivity index (χ3v) is 5.51. The summed E-state index contributed by atoms with van der Waals surface area (Å²) in [5.41, 5.74) is 2.77. The number of aryl methyl sites for hydroxylation is 2. The van der Waals surface area contributed by atoms with Crippen molar-refractivity contribution in [3.8, 4) is 0 Å². The maximum absolute atomic E-state index is 13.2. The van der Waals surface area contributed by atoms with Crippen molar-refractivity contribution in [1.29, 1.82) is 0 Å². The van der Waals surface area contributed by atoms with Crippen molar-refractivity contribution in [3.05, 3.63) is 78.4 Å². The minimum Gasteiger partial charge on any atom is -0.337 e. The van der Waals surface area contributed by atoms with Crippen LogP contribution in [0.25, 0.3) is 10.2 Å². The van der Waals surface area contributed by atoms with E-state index in [1.54, 1.807) is 28.8 Å². The van der Waals surface area contributed by atoms with Crippen molar-refractivity contribution >= 4 is 32.6 Å². The second-order valence-corrected chi connectivity index (χ2v) is 7.40. The fraction of sp³-hybridized carbons (Fsp3) is 0.190. The van der Waals surface area contributed by atoms with Crippen molar-refractivity contribution in [2.75, 3.05) is 11.4 Å². The zero-order valence-corrected chi connectivity index (χ0v) is 15.9. The number of fused-ring (bicyclic) bond motifs is 1. The van der Waals surface area contributed by atoms with Crippen LogP contribution in [0.4, 0.5) is 5.13 Å². The van der Waals surface area contributed by atoms with Crippen molar-refractivity contribution in [1.82, 2.24) is 14.5 Å². The molecule has 0 bridgehead atoms. The fourth-order valence-corrected chi connectivity index (χ4v) is 4.11. The highest BCUT2D eigenvalue weighted by Crippen LogP contribution is 2.31. The number of thiazole rings is 1. The summed E-state index contributed by atoms with van der Waals surface area (Å²) in [4.78, 5) is 23.8. The molecular formula is C21H20N4OS. The average Bonchev–Trinajstić information content (AvgIpc) is 3.36. The second kappa shape index (κ2) is 7.72. The molecule has 5 nitrogen and oxygen atoms in total. The van der Waals surface area contributed by atoms with Crippen LogP contribution in [-0.2, 0) is 6.54 Å². The van der Waals surface area contributed by atoms with Crippen LogP contribution in [0.3, 0.4) is 0 Å². The van der Waals surface area contributed by atoms with Gasteiger partial charge in [-0.05, 0) is 37.1 Å². The number of aromatic nitrogens is 3. The lowest BCUT2D eigenvalue weighted by atomic mass is 10.2. The molecule has 0 unspecified atom stereocenters. The third-order valence-electron chi connectivity index (χ3n) is 4.46.